The molecule has 4 nitrogen and oxygen atoms in total. The van der Waals surface area contributed by atoms with Crippen molar-refractivity contribution in [3.05, 3.63) is 69.5 Å². The summed E-state index contributed by atoms with van der Waals surface area (Å²) in [5, 5.41) is 13.5. The van der Waals surface area contributed by atoms with Crippen molar-refractivity contribution < 1.29 is 18.1 Å². The zero-order valence-electron chi connectivity index (χ0n) is 10.9. The number of nitrogens with one attached hydrogen (secondary N) is 1. The Bertz CT molecular complexity index is 692. The quantitative estimate of drug-likeness (QED) is 0.680. The van der Waals surface area contributed by atoms with Gasteiger partial charge in [-0.25, -0.2) is 13.2 Å². The molecule has 7 heteroatoms. The minimum absolute atomic E-state index is 0.432. The van der Waals surface area contributed by atoms with Crippen molar-refractivity contribution in [1.82, 2.24) is 0 Å². The minimum Gasteiger partial charge on any atom is -0.371 e. The van der Waals surface area contributed by atoms with Crippen LogP contribution in [-0.2, 0) is 0 Å². The zero-order valence-corrected chi connectivity index (χ0v) is 10.9. The van der Waals surface area contributed by atoms with Gasteiger partial charge in [-0.2, -0.15) is 0 Å². The van der Waals surface area contributed by atoms with Crippen LogP contribution in [0.5, 0.6) is 0 Å². The Balaban J connectivity index is 2.37. The van der Waals surface area contributed by atoms with Crippen LogP contribution < -0.4 is 5.32 Å². The number of rotatable bonds is 4. The molecule has 0 aliphatic carbocycles. The highest BCUT2D eigenvalue weighted by atomic mass is 19.1. The van der Waals surface area contributed by atoms with Gasteiger partial charge < -0.3 is 5.32 Å². The number of hydrogen-bond donors (Lipinski definition) is 1. The van der Waals surface area contributed by atoms with Gasteiger partial charge in [0.1, 0.15) is 17.3 Å². The molecule has 1 atom stereocenters. The Morgan fingerprint density at radius 1 is 1.14 bits per heavy atom. The van der Waals surface area contributed by atoms with Crippen LogP contribution in [0.2, 0.25) is 0 Å². The van der Waals surface area contributed by atoms with Crippen molar-refractivity contribution in [2.45, 2.75) is 13.0 Å². The van der Waals surface area contributed by atoms with Gasteiger partial charge in [-0.1, -0.05) is 12.1 Å². The monoisotopic (exact) mass is 296 g/mol. The van der Waals surface area contributed by atoms with Gasteiger partial charge in [-0.15, -0.1) is 0 Å². The Morgan fingerprint density at radius 3 is 2.48 bits per heavy atom. The highest BCUT2D eigenvalue weighted by Gasteiger charge is 2.22. The molecule has 2 aromatic rings. The van der Waals surface area contributed by atoms with Crippen molar-refractivity contribution in [3.63, 3.8) is 0 Å². The molecule has 1 unspecified atom stereocenters. The van der Waals surface area contributed by atoms with Gasteiger partial charge in [-0.3, -0.25) is 10.1 Å². The predicted octanol–water partition coefficient (Wildman–Crippen LogP) is 4.19. The van der Waals surface area contributed by atoms with Crippen molar-refractivity contribution in [2.24, 2.45) is 0 Å². The van der Waals surface area contributed by atoms with Crippen LogP contribution in [0.4, 0.5) is 24.5 Å². The number of hydrogen-bond acceptors (Lipinski definition) is 3. The molecule has 1 N–H and O–H groups in total. The molecule has 0 heterocycles. The smallest absolute Gasteiger partial charge is 0.298 e. The summed E-state index contributed by atoms with van der Waals surface area (Å²) in [7, 11) is 0. The van der Waals surface area contributed by atoms with E-state index in [-0.39, 0.29) is 0 Å². The number of benzene rings is 2. The van der Waals surface area contributed by atoms with Crippen LogP contribution in [0.15, 0.2) is 36.4 Å². The molecule has 0 aliphatic heterocycles. The first-order valence-electron chi connectivity index (χ1n) is 6.04. The largest absolute Gasteiger partial charge is 0.371 e. The number of nitrogens with zero attached hydrogens (tertiary/aromatic N) is 1. The lowest BCUT2D eigenvalue weighted by molar-refractivity contribution is -0.384. The molecule has 0 aliphatic rings. The first-order chi connectivity index (χ1) is 9.88. The van der Waals surface area contributed by atoms with Gasteiger partial charge in [0, 0.05) is 12.1 Å². The summed E-state index contributed by atoms with van der Waals surface area (Å²) in [6.45, 7) is 1.58. The van der Waals surface area contributed by atoms with E-state index in [1.54, 1.807) is 13.0 Å². The van der Waals surface area contributed by atoms with Gasteiger partial charge in [-0.05, 0) is 24.6 Å². The number of nitro benzene ring substituents is 1. The normalized spacial score (nSPS) is 12.0. The topological polar surface area (TPSA) is 55.2 Å². The lowest BCUT2D eigenvalue weighted by atomic mass is 10.1. The van der Waals surface area contributed by atoms with Crippen LogP contribution in [0.1, 0.15) is 18.5 Å². The van der Waals surface area contributed by atoms with E-state index >= 15 is 0 Å². The summed E-state index contributed by atoms with van der Waals surface area (Å²) in [4.78, 5) is 9.99. The van der Waals surface area contributed by atoms with Crippen molar-refractivity contribution >= 4 is 11.4 Å². The van der Waals surface area contributed by atoms with E-state index in [0.717, 1.165) is 0 Å². The van der Waals surface area contributed by atoms with Gasteiger partial charge in [0.25, 0.3) is 5.69 Å². The standard InChI is InChI=1S/C14H11F3N2O2/c1-8(9-3-2-4-10(15)5-9)18-14-12(17)6-11(16)7-13(14)19(20)21/h2-8,18H,1H3. The molecule has 2 rings (SSSR count). The van der Waals surface area contributed by atoms with Gasteiger partial charge in [0.2, 0.25) is 0 Å². The van der Waals surface area contributed by atoms with E-state index in [9.17, 15) is 23.3 Å². The fraction of sp³-hybridized carbons (Fsp3) is 0.143. The SMILES string of the molecule is CC(Nc1c(F)cc(F)cc1[N+](=O)[O-])c1cccc(F)c1. The van der Waals surface area contributed by atoms with Crippen molar-refractivity contribution in [2.75, 3.05) is 5.32 Å². The molecule has 0 fully saturated rings. The summed E-state index contributed by atoms with van der Waals surface area (Å²) >= 11 is 0. The maximum Gasteiger partial charge on any atom is 0.298 e. The molecule has 0 spiro atoms. The van der Waals surface area contributed by atoms with Crippen LogP contribution in [0, 0.1) is 27.6 Å². The third kappa shape index (κ3) is 3.31. The third-order valence-electron chi connectivity index (χ3n) is 2.94. The Morgan fingerprint density at radius 2 is 1.86 bits per heavy atom. The van der Waals surface area contributed by atoms with E-state index in [4.69, 9.17) is 0 Å². The molecule has 0 bridgehead atoms. The minimum atomic E-state index is -1.08. The first kappa shape index (κ1) is 14.8. The summed E-state index contributed by atoms with van der Waals surface area (Å²) in [5.74, 6) is -2.59. The van der Waals surface area contributed by atoms with Crippen LogP contribution in [0.25, 0.3) is 0 Å². The second kappa shape index (κ2) is 5.82. The lowest BCUT2D eigenvalue weighted by Crippen LogP contribution is -2.10. The molecular weight excluding hydrogens is 285 g/mol. The van der Waals surface area contributed by atoms with Gasteiger partial charge >= 0.3 is 0 Å². The average Bonchev–Trinajstić information content (AvgIpc) is 2.41. The lowest BCUT2D eigenvalue weighted by Gasteiger charge is -2.16. The van der Waals surface area contributed by atoms with Crippen LogP contribution in [-0.4, -0.2) is 4.92 Å². The van der Waals surface area contributed by atoms with Crippen LogP contribution in [0.3, 0.4) is 0 Å². The molecule has 0 saturated carbocycles. The number of anilines is 1. The van der Waals surface area contributed by atoms with Crippen LogP contribution >= 0.6 is 0 Å². The predicted molar refractivity (Wildman–Crippen MR) is 71.5 cm³/mol. The second-order valence-corrected chi connectivity index (χ2v) is 4.46. The molecule has 0 saturated heterocycles. The van der Waals surface area contributed by atoms with E-state index in [1.165, 1.54) is 18.2 Å². The fourth-order valence-corrected chi connectivity index (χ4v) is 1.92. The number of nitro groups is 1. The first-order valence-corrected chi connectivity index (χ1v) is 6.04. The van der Waals surface area contributed by atoms with E-state index in [0.29, 0.717) is 17.7 Å². The van der Waals surface area contributed by atoms with Gasteiger partial charge in [0.15, 0.2) is 5.82 Å². The molecule has 0 aromatic heterocycles. The average molecular weight is 296 g/mol. The summed E-state index contributed by atoms with van der Waals surface area (Å²) in [6, 6.07) is 6.12. The van der Waals surface area contributed by atoms with E-state index < -0.39 is 39.8 Å². The highest BCUT2D eigenvalue weighted by molar-refractivity contribution is 5.63. The molecule has 2 aromatic carbocycles. The van der Waals surface area contributed by atoms with E-state index in [1.807, 2.05) is 0 Å². The second-order valence-electron chi connectivity index (χ2n) is 4.46. The molecule has 21 heavy (non-hydrogen) atoms. The summed E-state index contributed by atoms with van der Waals surface area (Å²) < 4.78 is 40.0. The number of halogens is 3. The maximum absolute atomic E-state index is 13.7. The third-order valence-corrected chi connectivity index (χ3v) is 2.94. The Kier molecular flexibility index (Phi) is 4.11. The summed E-state index contributed by atoms with van der Waals surface area (Å²) in [6.07, 6.45) is 0. The zero-order chi connectivity index (χ0) is 15.6. The van der Waals surface area contributed by atoms with E-state index in [2.05, 4.69) is 5.32 Å². The molecular formula is C14H11F3N2O2. The van der Waals surface area contributed by atoms with Crippen molar-refractivity contribution in [1.29, 1.82) is 0 Å². The maximum atomic E-state index is 13.7. The Hall–Kier alpha value is -2.57. The molecule has 0 amide bonds. The van der Waals surface area contributed by atoms with Gasteiger partial charge in [0.05, 0.1) is 11.0 Å². The molecule has 110 valence electrons. The highest BCUT2D eigenvalue weighted by Crippen LogP contribution is 2.31. The Labute approximate surface area is 118 Å². The van der Waals surface area contributed by atoms with Crippen molar-refractivity contribution in [3.8, 4) is 0 Å². The molecule has 0 radical (unpaired) electrons. The summed E-state index contributed by atoms with van der Waals surface area (Å²) in [5.41, 5.74) is -0.665. The fourth-order valence-electron chi connectivity index (χ4n) is 1.92.